The molecule has 1 fully saturated rings. The Balaban J connectivity index is 1.34. The molecule has 0 bridgehead atoms. The number of aromatic carboxylic acids is 1. The minimum absolute atomic E-state index is 0.149. The maximum absolute atomic E-state index is 12.9. The van der Waals surface area contributed by atoms with Crippen molar-refractivity contribution in [3.8, 4) is 11.6 Å². The van der Waals surface area contributed by atoms with Crippen LogP contribution < -0.4 is 4.74 Å². The van der Waals surface area contributed by atoms with E-state index in [1.165, 1.54) is 6.20 Å². The molecule has 35 heavy (non-hydrogen) atoms. The summed E-state index contributed by atoms with van der Waals surface area (Å²) in [6, 6.07) is 8.35. The van der Waals surface area contributed by atoms with Gasteiger partial charge in [-0.3, -0.25) is 4.90 Å². The highest BCUT2D eigenvalue weighted by atomic mass is 19.4. The maximum Gasteiger partial charge on any atom is 0.416 e. The number of benzene rings is 1. The zero-order chi connectivity index (χ0) is 25.2. The normalized spacial score (nSPS) is 14.7. The van der Waals surface area contributed by atoms with E-state index < -0.39 is 17.7 Å². The third-order valence-electron chi connectivity index (χ3n) is 5.53. The second kappa shape index (κ2) is 9.74. The summed E-state index contributed by atoms with van der Waals surface area (Å²) in [5.41, 5.74) is 0.310. The fraction of sp³-hybridized carbons (Fsp3) is 0.304. The molecule has 1 aromatic carbocycles. The Morgan fingerprint density at radius 3 is 2.51 bits per heavy atom. The van der Waals surface area contributed by atoms with Crippen LogP contribution in [0.15, 0.2) is 48.8 Å². The quantitative estimate of drug-likeness (QED) is 0.581. The first-order valence-corrected chi connectivity index (χ1v) is 10.7. The van der Waals surface area contributed by atoms with E-state index >= 15 is 0 Å². The molecule has 0 radical (unpaired) electrons. The molecule has 1 saturated heterocycles. The van der Waals surface area contributed by atoms with Crippen LogP contribution in [0.2, 0.25) is 0 Å². The Bertz CT molecular complexity index is 1240. The van der Waals surface area contributed by atoms with Gasteiger partial charge in [0.25, 0.3) is 0 Å². The highest BCUT2D eigenvalue weighted by Crippen LogP contribution is 2.31. The van der Waals surface area contributed by atoms with Crippen molar-refractivity contribution in [2.24, 2.45) is 0 Å². The number of amides is 1. The molecule has 4 rings (SSSR count). The zero-order valence-electron chi connectivity index (χ0n) is 18.7. The fourth-order valence-corrected chi connectivity index (χ4v) is 3.74. The highest BCUT2D eigenvalue weighted by molar-refractivity contribution is 5.88. The summed E-state index contributed by atoms with van der Waals surface area (Å²) < 4.78 is 45.3. The van der Waals surface area contributed by atoms with Crippen LogP contribution in [0.1, 0.15) is 27.2 Å². The largest absolute Gasteiger partial charge is 0.476 e. The molecule has 12 heteroatoms. The molecule has 2 aromatic heterocycles. The van der Waals surface area contributed by atoms with Gasteiger partial charge >= 0.3 is 18.2 Å². The minimum atomic E-state index is -4.48. The second-order valence-electron chi connectivity index (χ2n) is 8.09. The van der Waals surface area contributed by atoms with Crippen molar-refractivity contribution in [1.29, 1.82) is 0 Å². The van der Waals surface area contributed by atoms with Crippen LogP contribution in [0, 0.1) is 6.92 Å². The number of aromatic nitrogens is 3. The van der Waals surface area contributed by atoms with Crippen LogP contribution in [-0.4, -0.2) is 67.9 Å². The molecule has 9 nitrogen and oxygen atoms in total. The number of alkyl halides is 3. The lowest BCUT2D eigenvalue weighted by Gasteiger charge is -2.34. The summed E-state index contributed by atoms with van der Waals surface area (Å²) in [5.74, 6) is -0.968. The van der Waals surface area contributed by atoms with Gasteiger partial charge in [-0.2, -0.15) is 23.0 Å². The minimum Gasteiger partial charge on any atom is -0.476 e. The van der Waals surface area contributed by atoms with E-state index in [9.17, 15) is 22.8 Å². The number of aryl methyl sites for hydroxylation is 1. The maximum atomic E-state index is 12.9. The van der Waals surface area contributed by atoms with E-state index in [1.54, 1.807) is 30.0 Å². The summed E-state index contributed by atoms with van der Waals surface area (Å²) in [6.07, 6.45) is -2.03. The predicted molar refractivity (Wildman–Crippen MR) is 117 cm³/mol. The van der Waals surface area contributed by atoms with E-state index in [0.29, 0.717) is 44.0 Å². The van der Waals surface area contributed by atoms with E-state index in [0.717, 1.165) is 28.6 Å². The van der Waals surface area contributed by atoms with E-state index in [1.807, 2.05) is 6.07 Å². The van der Waals surface area contributed by atoms with Gasteiger partial charge < -0.3 is 14.7 Å². The number of carbonyl (C=O) groups is 2. The van der Waals surface area contributed by atoms with Crippen LogP contribution in [0.4, 0.5) is 18.0 Å². The van der Waals surface area contributed by atoms with E-state index in [2.05, 4.69) is 15.0 Å². The van der Waals surface area contributed by atoms with Gasteiger partial charge in [0.05, 0.1) is 5.56 Å². The standard InChI is InChI=1S/C23H22F3N5O4/c1-15-13-31(28-20(15)21(32)33)22(34)30-9-7-29(8-10-30)14-16-3-2-4-18(11-16)35-19-12-17(5-6-27-19)23(24,25)26/h2-6,11-13H,7-10,14H2,1H3,(H,32,33). The number of ether oxygens (including phenoxy) is 1. The first-order chi connectivity index (χ1) is 16.6. The average molecular weight is 489 g/mol. The topological polar surface area (TPSA) is 101 Å². The van der Waals surface area contributed by atoms with Crippen LogP contribution in [0.5, 0.6) is 11.6 Å². The van der Waals surface area contributed by atoms with Crippen LogP contribution in [-0.2, 0) is 12.7 Å². The molecule has 1 amide bonds. The van der Waals surface area contributed by atoms with E-state index in [-0.39, 0.29) is 17.6 Å². The van der Waals surface area contributed by atoms with Crippen molar-refractivity contribution >= 4 is 12.0 Å². The number of carboxylic acid groups (broad SMARTS) is 1. The van der Waals surface area contributed by atoms with Gasteiger partial charge in [0, 0.05) is 56.7 Å². The number of carboxylic acids is 1. The fourth-order valence-electron chi connectivity index (χ4n) is 3.74. The van der Waals surface area contributed by atoms with Crippen molar-refractivity contribution in [1.82, 2.24) is 24.6 Å². The molecule has 1 aliphatic heterocycles. The van der Waals surface area contributed by atoms with E-state index in [4.69, 9.17) is 9.84 Å². The number of hydrogen-bond donors (Lipinski definition) is 1. The number of nitrogens with zero attached hydrogens (tertiary/aromatic N) is 5. The number of halogens is 3. The Hall–Kier alpha value is -3.93. The Labute approximate surface area is 198 Å². The third kappa shape index (κ3) is 5.77. The molecule has 1 aliphatic rings. The Kier molecular flexibility index (Phi) is 6.74. The van der Waals surface area contributed by atoms with Gasteiger partial charge in [-0.05, 0) is 30.7 Å². The Morgan fingerprint density at radius 1 is 1.11 bits per heavy atom. The summed E-state index contributed by atoms with van der Waals surface area (Å²) in [5, 5.41) is 13.0. The van der Waals surface area contributed by atoms with Crippen molar-refractivity contribution < 1.29 is 32.6 Å². The summed E-state index contributed by atoms with van der Waals surface area (Å²) in [6.45, 7) is 4.17. The average Bonchev–Trinajstić information content (AvgIpc) is 3.21. The smallest absolute Gasteiger partial charge is 0.416 e. The van der Waals surface area contributed by atoms with Crippen LogP contribution >= 0.6 is 0 Å². The first-order valence-electron chi connectivity index (χ1n) is 10.7. The Morgan fingerprint density at radius 2 is 1.86 bits per heavy atom. The van der Waals surface area contributed by atoms with Crippen molar-refractivity contribution in [3.05, 3.63) is 71.2 Å². The van der Waals surface area contributed by atoms with Gasteiger partial charge in [0.2, 0.25) is 5.88 Å². The number of pyridine rings is 1. The van der Waals surface area contributed by atoms with Crippen molar-refractivity contribution in [2.75, 3.05) is 26.2 Å². The molecule has 1 N–H and O–H groups in total. The molecule has 3 aromatic rings. The molecule has 0 aliphatic carbocycles. The van der Waals surface area contributed by atoms with Crippen LogP contribution in [0.3, 0.4) is 0 Å². The van der Waals surface area contributed by atoms with Gasteiger partial charge in [0.1, 0.15) is 5.75 Å². The number of rotatable bonds is 5. The number of piperazine rings is 1. The zero-order valence-corrected chi connectivity index (χ0v) is 18.7. The van der Waals surface area contributed by atoms with Gasteiger partial charge in [-0.25, -0.2) is 14.6 Å². The molecular formula is C23H22F3N5O4. The van der Waals surface area contributed by atoms with Crippen molar-refractivity contribution in [3.63, 3.8) is 0 Å². The van der Waals surface area contributed by atoms with Gasteiger partial charge in [-0.15, -0.1) is 0 Å². The summed E-state index contributed by atoms with van der Waals surface area (Å²) in [7, 11) is 0. The molecule has 0 unspecified atom stereocenters. The molecule has 0 atom stereocenters. The van der Waals surface area contributed by atoms with Crippen molar-refractivity contribution in [2.45, 2.75) is 19.6 Å². The lowest BCUT2D eigenvalue weighted by atomic mass is 10.2. The molecule has 0 spiro atoms. The predicted octanol–water partition coefficient (Wildman–Crippen LogP) is 3.88. The van der Waals surface area contributed by atoms with Gasteiger partial charge in [0.15, 0.2) is 5.69 Å². The monoisotopic (exact) mass is 489 g/mol. The number of hydrogen-bond acceptors (Lipinski definition) is 6. The summed E-state index contributed by atoms with van der Waals surface area (Å²) in [4.78, 5) is 31.4. The highest BCUT2D eigenvalue weighted by Gasteiger charge is 2.31. The molecule has 0 saturated carbocycles. The third-order valence-corrected chi connectivity index (χ3v) is 5.53. The SMILES string of the molecule is Cc1cn(C(=O)N2CCN(Cc3cccc(Oc4cc(C(F)(F)F)ccn4)c3)CC2)nc1C(=O)O. The lowest BCUT2D eigenvalue weighted by molar-refractivity contribution is -0.137. The summed E-state index contributed by atoms with van der Waals surface area (Å²) >= 11 is 0. The second-order valence-corrected chi connectivity index (χ2v) is 8.09. The first kappa shape index (κ1) is 24.2. The lowest BCUT2D eigenvalue weighted by Crippen LogP contribution is -2.49. The molecular weight excluding hydrogens is 467 g/mol. The van der Waals surface area contributed by atoms with Crippen LogP contribution in [0.25, 0.3) is 0 Å². The number of carbonyl (C=O) groups excluding carboxylic acids is 1. The molecule has 184 valence electrons. The molecule has 3 heterocycles. The van der Waals surface area contributed by atoms with Gasteiger partial charge in [-0.1, -0.05) is 12.1 Å².